The zero-order valence-electron chi connectivity index (χ0n) is 13.2. The molecule has 21 heavy (non-hydrogen) atoms. The number of allylic oxidation sites excluding steroid dienone is 1. The quantitative estimate of drug-likeness (QED) is 0.797. The summed E-state index contributed by atoms with van der Waals surface area (Å²) in [5.41, 5.74) is -2.16. The number of hydrogen-bond donors (Lipinski definition) is 1. The van der Waals surface area contributed by atoms with Gasteiger partial charge in [0.15, 0.2) is 5.78 Å². The molecule has 0 spiro atoms. The van der Waals surface area contributed by atoms with E-state index in [1.165, 1.54) is 14.0 Å². The number of ketones is 1. The highest BCUT2D eigenvalue weighted by molar-refractivity contribution is 5.97. The molecule has 1 amide bonds. The Bertz CT molecular complexity index is 502. The molecule has 0 unspecified atom stereocenters. The lowest BCUT2D eigenvalue weighted by molar-refractivity contribution is -0.165. The Morgan fingerprint density at radius 1 is 1.29 bits per heavy atom. The molecule has 1 aliphatic heterocycles. The van der Waals surface area contributed by atoms with Crippen LogP contribution in [0.15, 0.2) is 11.3 Å². The maximum atomic E-state index is 12.0. The summed E-state index contributed by atoms with van der Waals surface area (Å²) in [6, 6.07) is 0. The Morgan fingerprint density at radius 2 is 1.86 bits per heavy atom. The average molecular weight is 299 g/mol. The normalized spacial score (nSPS) is 21.6. The Hall–Kier alpha value is -2.05. The van der Waals surface area contributed by atoms with Crippen molar-refractivity contribution in [1.82, 2.24) is 5.32 Å². The number of amides is 1. The number of nitrogens with one attached hydrogen (secondary N) is 1. The minimum Gasteiger partial charge on any atom is -0.465 e. The van der Waals surface area contributed by atoms with Crippen molar-refractivity contribution in [3.05, 3.63) is 11.3 Å². The van der Waals surface area contributed by atoms with E-state index in [4.69, 9.17) is 9.47 Å². The van der Waals surface area contributed by atoms with Gasteiger partial charge in [-0.25, -0.2) is 9.59 Å². The number of ether oxygens (including phenoxy) is 3. The van der Waals surface area contributed by atoms with E-state index in [0.29, 0.717) is 5.57 Å². The van der Waals surface area contributed by atoms with Crippen LogP contribution < -0.4 is 5.32 Å². The molecule has 1 heterocycles. The van der Waals surface area contributed by atoms with Gasteiger partial charge < -0.3 is 14.2 Å². The van der Waals surface area contributed by atoms with Crippen molar-refractivity contribution in [3.8, 4) is 0 Å². The number of methoxy groups -OCH3 is 1. The first-order chi connectivity index (χ1) is 9.50. The van der Waals surface area contributed by atoms with Crippen molar-refractivity contribution in [3.63, 3.8) is 0 Å². The van der Waals surface area contributed by atoms with Crippen molar-refractivity contribution in [1.29, 1.82) is 0 Å². The number of carbonyl (C=O) groups excluding carboxylic acids is 3. The molecule has 1 rings (SSSR count). The molecule has 7 nitrogen and oxygen atoms in total. The Balaban J connectivity index is 2.98. The third kappa shape index (κ3) is 3.96. The van der Waals surface area contributed by atoms with Gasteiger partial charge in [-0.15, -0.1) is 0 Å². The van der Waals surface area contributed by atoms with Gasteiger partial charge in [-0.05, 0) is 34.6 Å². The standard InChI is InChI=1S/C14H21NO6/c1-8(16)10-7-14(11(17)19-6,20-9(10)2)15-12(18)21-13(3,4)5/h7H2,1-6H3,(H,15,18)/t14-/m0/s1. The van der Waals surface area contributed by atoms with Crippen LogP contribution in [0.2, 0.25) is 0 Å². The summed E-state index contributed by atoms with van der Waals surface area (Å²) in [7, 11) is 1.17. The highest BCUT2D eigenvalue weighted by atomic mass is 16.6. The predicted molar refractivity (Wildman–Crippen MR) is 73.2 cm³/mol. The predicted octanol–water partition coefficient (Wildman–Crippen LogP) is 1.66. The lowest BCUT2D eigenvalue weighted by Gasteiger charge is -2.29. The molecule has 0 aromatic carbocycles. The second-order valence-corrected chi connectivity index (χ2v) is 5.82. The number of esters is 1. The minimum absolute atomic E-state index is 0.0971. The van der Waals surface area contributed by atoms with Gasteiger partial charge in [0.25, 0.3) is 5.72 Å². The monoisotopic (exact) mass is 299 g/mol. The van der Waals surface area contributed by atoms with E-state index in [1.807, 2.05) is 0 Å². The van der Waals surface area contributed by atoms with Crippen LogP contribution in [0.4, 0.5) is 4.79 Å². The fraction of sp³-hybridized carbons (Fsp3) is 0.643. The molecule has 0 bridgehead atoms. The van der Waals surface area contributed by atoms with Crippen molar-refractivity contribution < 1.29 is 28.6 Å². The van der Waals surface area contributed by atoms with Crippen LogP contribution in [0.3, 0.4) is 0 Å². The maximum Gasteiger partial charge on any atom is 0.411 e. The van der Waals surface area contributed by atoms with Crippen LogP contribution in [-0.4, -0.2) is 36.3 Å². The van der Waals surface area contributed by atoms with E-state index >= 15 is 0 Å². The fourth-order valence-electron chi connectivity index (χ4n) is 1.97. The first-order valence-corrected chi connectivity index (χ1v) is 6.50. The third-order valence-corrected chi connectivity index (χ3v) is 2.82. The summed E-state index contributed by atoms with van der Waals surface area (Å²) in [5.74, 6) is -0.753. The molecule has 7 heteroatoms. The summed E-state index contributed by atoms with van der Waals surface area (Å²) in [5, 5.41) is 2.36. The van der Waals surface area contributed by atoms with Gasteiger partial charge in [0.1, 0.15) is 11.4 Å². The summed E-state index contributed by atoms with van der Waals surface area (Å²) in [4.78, 5) is 35.4. The van der Waals surface area contributed by atoms with Gasteiger partial charge in [-0.3, -0.25) is 10.1 Å². The zero-order valence-corrected chi connectivity index (χ0v) is 13.2. The van der Waals surface area contributed by atoms with Crippen molar-refractivity contribution in [2.45, 2.75) is 52.4 Å². The molecule has 0 aliphatic carbocycles. The van der Waals surface area contributed by atoms with Crippen LogP contribution in [-0.2, 0) is 23.8 Å². The van der Waals surface area contributed by atoms with Gasteiger partial charge in [0.2, 0.25) is 0 Å². The van der Waals surface area contributed by atoms with Crippen molar-refractivity contribution in [2.75, 3.05) is 7.11 Å². The first-order valence-electron chi connectivity index (χ1n) is 6.50. The molecule has 1 N–H and O–H groups in total. The smallest absolute Gasteiger partial charge is 0.411 e. The van der Waals surface area contributed by atoms with Crippen LogP contribution in [0.25, 0.3) is 0 Å². The topological polar surface area (TPSA) is 90.9 Å². The van der Waals surface area contributed by atoms with E-state index in [9.17, 15) is 14.4 Å². The first kappa shape index (κ1) is 17.0. The van der Waals surface area contributed by atoms with Crippen molar-refractivity contribution in [2.24, 2.45) is 0 Å². The number of Topliss-reactive ketones (excluding diaryl/α,β-unsaturated/α-hetero) is 1. The van der Waals surface area contributed by atoms with Crippen LogP contribution in [0, 0.1) is 0 Å². The summed E-state index contributed by atoms with van der Waals surface area (Å²) in [6.07, 6.45) is -0.925. The molecular formula is C14H21NO6. The molecule has 1 atom stereocenters. The zero-order chi connectivity index (χ0) is 16.4. The fourth-order valence-corrected chi connectivity index (χ4v) is 1.97. The minimum atomic E-state index is -1.76. The second-order valence-electron chi connectivity index (χ2n) is 5.82. The van der Waals surface area contributed by atoms with Crippen LogP contribution in [0.5, 0.6) is 0 Å². The lowest BCUT2D eigenvalue weighted by atomic mass is 10.0. The van der Waals surface area contributed by atoms with E-state index in [0.717, 1.165) is 0 Å². The van der Waals surface area contributed by atoms with Gasteiger partial charge in [0, 0.05) is 5.57 Å². The second kappa shape index (κ2) is 5.75. The van der Waals surface area contributed by atoms with E-state index < -0.39 is 23.4 Å². The molecule has 1 aliphatic rings. The summed E-state index contributed by atoms with van der Waals surface area (Å²) >= 11 is 0. The van der Waals surface area contributed by atoms with E-state index in [-0.39, 0.29) is 18.0 Å². The average Bonchev–Trinajstić information content (AvgIpc) is 2.63. The van der Waals surface area contributed by atoms with Crippen molar-refractivity contribution >= 4 is 17.8 Å². The molecule has 118 valence electrons. The summed E-state index contributed by atoms with van der Waals surface area (Å²) in [6.45, 7) is 7.99. The van der Waals surface area contributed by atoms with E-state index in [1.54, 1.807) is 27.7 Å². The van der Waals surface area contributed by atoms with Gasteiger partial charge >= 0.3 is 12.1 Å². The highest BCUT2D eigenvalue weighted by Crippen LogP contribution is 2.33. The summed E-state index contributed by atoms with van der Waals surface area (Å²) < 4.78 is 15.2. The van der Waals surface area contributed by atoms with Crippen LogP contribution >= 0.6 is 0 Å². The third-order valence-electron chi connectivity index (χ3n) is 2.82. The Morgan fingerprint density at radius 3 is 2.24 bits per heavy atom. The van der Waals surface area contributed by atoms with Crippen LogP contribution in [0.1, 0.15) is 41.0 Å². The molecule has 0 radical (unpaired) electrons. The SMILES string of the molecule is COC(=O)[C@]1(NC(=O)OC(C)(C)C)CC(C(C)=O)=C(C)O1. The molecule has 0 saturated heterocycles. The van der Waals surface area contributed by atoms with Gasteiger partial charge in [-0.1, -0.05) is 0 Å². The molecule has 0 aromatic heterocycles. The van der Waals surface area contributed by atoms with Gasteiger partial charge in [0.05, 0.1) is 13.5 Å². The van der Waals surface area contributed by atoms with E-state index in [2.05, 4.69) is 10.1 Å². The number of carbonyl (C=O) groups is 3. The maximum absolute atomic E-state index is 12.0. The lowest BCUT2D eigenvalue weighted by Crippen LogP contribution is -2.56. The molecule has 0 aromatic rings. The molecular weight excluding hydrogens is 278 g/mol. The van der Waals surface area contributed by atoms with Gasteiger partial charge in [-0.2, -0.15) is 0 Å². The number of rotatable bonds is 3. The largest absolute Gasteiger partial charge is 0.465 e. The Kier molecular flexibility index (Phi) is 4.65. The molecule has 0 fully saturated rings. The Labute approximate surface area is 123 Å². The molecule has 0 saturated carbocycles. The highest BCUT2D eigenvalue weighted by Gasteiger charge is 2.50. The number of alkyl carbamates (subject to hydrolysis) is 1. The number of hydrogen-bond acceptors (Lipinski definition) is 6.